The van der Waals surface area contributed by atoms with Crippen molar-refractivity contribution in [2.24, 2.45) is 11.8 Å². The zero-order valence-corrected chi connectivity index (χ0v) is 17.1. The molecule has 6 nitrogen and oxygen atoms in total. The molecule has 0 saturated carbocycles. The van der Waals surface area contributed by atoms with Gasteiger partial charge in [-0.1, -0.05) is 13.0 Å². The van der Waals surface area contributed by atoms with Crippen LogP contribution in [0.2, 0.25) is 0 Å². The zero-order valence-electron chi connectivity index (χ0n) is 16.2. The molecular formula is C20H31ClN2O4. The SMILES string of the molecule is COCCN(Cc1ccc2c(c1)OCO2)C(=O)CC(C)C1CCCNC1.Cl. The van der Waals surface area contributed by atoms with Crippen molar-refractivity contribution in [3.05, 3.63) is 23.8 Å². The summed E-state index contributed by atoms with van der Waals surface area (Å²) in [6, 6.07) is 5.87. The smallest absolute Gasteiger partial charge is 0.231 e. The first-order chi connectivity index (χ1) is 12.7. The van der Waals surface area contributed by atoms with Crippen molar-refractivity contribution >= 4 is 18.3 Å². The number of carbonyl (C=O) groups is 1. The molecule has 1 aromatic rings. The highest BCUT2D eigenvalue weighted by Crippen LogP contribution is 2.33. The van der Waals surface area contributed by atoms with Crippen LogP contribution in [0.25, 0.3) is 0 Å². The van der Waals surface area contributed by atoms with Crippen LogP contribution >= 0.6 is 12.4 Å². The summed E-state index contributed by atoms with van der Waals surface area (Å²) >= 11 is 0. The van der Waals surface area contributed by atoms with Gasteiger partial charge in [-0.2, -0.15) is 0 Å². The minimum Gasteiger partial charge on any atom is -0.454 e. The van der Waals surface area contributed by atoms with Crippen LogP contribution in [0.1, 0.15) is 31.7 Å². The van der Waals surface area contributed by atoms with Crippen LogP contribution in [-0.4, -0.2) is 51.0 Å². The van der Waals surface area contributed by atoms with Gasteiger partial charge in [-0.05, 0) is 55.5 Å². The van der Waals surface area contributed by atoms with Gasteiger partial charge in [-0.15, -0.1) is 12.4 Å². The van der Waals surface area contributed by atoms with Crippen LogP contribution in [0, 0.1) is 11.8 Å². The van der Waals surface area contributed by atoms with E-state index in [-0.39, 0.29) is 25.1 Å². The minimum atomic E-state index is 0. The van der Waals surface area contributed by atoms with Crippen molar-refractivity contribution in [3.63, 3.8) is 0 Å². The quantitative estimate of drug-likeness (QED) is 0.729. The number of methoxy groups -OCH3 is 1. The Balaban J connectivity index is 0.00000261. The molecular weight excluding hydrogens is 368 g/mol. The normalized spacial score (nSPS) is 19.3. The standard InChI is InChI=1S/C20H30N2O4.ClH/c1-15(17-4-3-7-21-12-17)10-20(23)22(8-9-24-2)13-16-5-6-18-19(11-16)26-14-25-18;/h5-6,11,15,17,21H,3-4,7-10,12-14H2,1-2H3;1H. The summed E-state index contributed by atoms with van der Waals surface area (Å²) in [5.74, 6) is 2.68. The van der Waals surface area contributed by atoms with E-state index < -0.39 is 0 Å². The van der Waals surface area contributed by atoms with Crippen LogP contribution in [0.4, 0.5) is 0 Å². The molecule has 3 rings (SSSR count). The lowest BCUT2D eigenvalue weighted by Gasteiger charge is -2.30. The van der Waals surface area contributed by atoms with Gasteiger partial charge in [0.1, 0.15) is 0 Å². The molecule has 2 unspecified atom stereocenters. The maximum atomic E-state index is 12.9. The monoisotopic (exact) mass is 398 g/mol. The molecule has 27 heavy (non-hydrogen) atoms. The Labute approximate surface area is 167 Å². The van der Waals surface area contributed by atoms with Crippen LogP contribution in [0.15, 0.2) is 18.2 Å². The van der Waals surface area contributed by atoms with E-state index in [0.717, 1.165) is 30.2 Å². The first kappa shape index (κ1) is 21.8. The summed E-state index contributed by atoms with van der Waals surface area (Å²) in [5.41, 5.74) is 1.05. The number of hydrogen-bond donors (Lipinski definition) is 1. The molecule has 2 atom stereocenters. The fraction of sp³-hybridized carbons (Fsp3) is 0.650. The van der Waals surface area contributed by atoms with Crippen LogP contribution in [0.5, 0.6) is 11.5 Å². The third-order valence-electron chi connectivity index (χ3n) is 5.36. The third-order valence-corrected chi connectivity index (χ3v) is 5.36. The van der Waals surface area contributed by atoms with Gasteiger partial charge in [0.2, 0.25) is 12.7 Å². The van der Waals surface area contributed by atoms with E-state index in [1.807, 2.05) is 23.1 Å². The Morgan fingerprint density at radius 1 is 1.37 bits per heavy atom. The van der Waals surface area contributed by atoms with E-state index in [1.165, 1.54) is 12.8 Å². The minimum absolute atomic E-state index is 0. The van der Waals surface area contributed by atoms with Crippen molar-refractivity contribution in [3.8, 4) is 11.5 Å². The average Bonchev–Trinajstić information content (AvgIpc) is 3.13. The highest BCUT2D eigenvalue weighted by molar-refractivity contribution is 5.85. The first-order valence-electron chi connectivity index (χ1n) is 9.53. The number of hydrogen-bond acceptors (Lipinski definition) is 5. The maximum Gasteiger partial charge on any atom is 0.231 e. The van der Waals surface area contributed by atoms with Crippen LogP contribution in [0.3, 0.4) is 0 Å². The molecule has 1 aromatic carbocycles. The van der Waals surface area contributed by atoms with Gasteiger partial charge in [-0.25, -0.2) is 0 Å². The first-order valence-corrected chi connectivity index (χ1v) is 9.53. The summed E-state index contributed by atoms with van der Waals surface area (Å²) < 4.78 is 16.0. The number of benzene rings is 1. The lowest BCUT2D eigenvalue weighted by atomic mass is 9.85. The molecule has 0 radical (unpaired) electrons. The number of nitrogens with one attached hydrogen (secondary N) is 1. The Morgan fingerprint density at radius 2 is 2.19 bits per heavy atom. The Bertz CT molecular complexity index is 608. The topological polar surface area (TPSA) is 60.0 Å². The highest BCUT2D eigenvalue weighted by atomic mass is 35.5. The fourth-order valence-corrected chi connectivity index (χ4v) is 3.69. The molecule has 1 N–H and O–H groups in total. The molecule has 0 aliphatic carbocycles. The number of piperidine rings is 1. The number of amides is 1. The number of rotatable bonds is 8. The second kappa shape index (κ2) is 10.7. The lowest BCUT2D eigenvalue weighted by molar-refractivity contribution is -0.133. The molecule has 0 spiro atoms. The predicted molar refractivity (Wildman–Crippen MR) is 106 cm³/mol. The fourth-order valence-electron chi connectivity index (χ4n) is 3.69. The van der Waals surface area contributed by atoms with E-state index in [2.05, 4.69) is 12.2 Å². The summed E-state index contributed by atoms with van der Waals surface area (Å²) in [5, 5.41) is 3.45. The average molecular weight is 399 g/mol. The molecule has 1 fully saturated rings. The largest absolute Gasteiger partial charge is 0.454 e. The molecule has 2 heterocycles. The summed E-state index contributed by atoms with van der Waals surface area (Å²) in [7, 11) is 1.67. The van der Waals surface area contributed by atoms with Gasteiger partial charge in [0, 0.05) is 26.6 Å². The van der Waals surface area contributed by atoms with Gasteiger partial charge in [-0.3, -0.25) is 4.79 Å². The van der Waals surface area contributed by atoms with Gasteiger partial charge in [0.05, 0.1) is 6.61 Å². The van der Waals surface area contributed by atoms with Crippen molar-refractivity contribution in [2.45, 2.75) is 32.7 Å². The van der Waals surface area contributed by atoms with Crippen molar-refractivity contribution in [1.29, 1.82) is 0 Å². The summed E-state index contributed by atoms with van der Waals surface area (Å²) in [6.07, 6.45) is 3.00. The molecule has 152 valence electrons. The number of nitrogens with zero attached hydrogens (tertiary/aromatic N) is 1. The van der Waals surface area contributed by atoms with E-state index in [9.17, 15) is 4.79 Å². The molecule has 2 aliphatic heterocycles. The molecule has 7 heteroatoms. The number of carbonyl (C=O) groups excluding carboxylic acids is 1. The van der Waals surface area contributed by atoms with Crippen LogP contribution < -0.4 is 14.8 Å². The number of ether oxygens (including phenoxy) is 3. The van der Waals surface area contributed by atoms with Crippen molar-refractivity contribution in [1.82, 2.24) is 10.2 Å². The molecule has 1 saturated heterocycles. The van der Waals surface area contributed by atoms with Gasteiger partial charge in [0.25, 0.3) is 0 Å². The van der Waals surface area contributed by atoms with Gasteiger partial charge in [0.15, 0.2) is 11.5 Å². The van der Waals surface area contributed by atoms with E-state index in [4.69, 9.17) is 14.2 Å². The van der Waals surface area contributed by atoms with Gasteiger partial charge < -0.3 is 24.4 Å². The number of halogens is 1. The Morgan fingerprint density at radius 3 is 2.93 bits per heavy atom. The van der Waals surface area contributed by atoms with E-state index in [1.54, 1.807) is 7.11 Å². The van der Waals surface area contributed by atoms with Crippen molar-refractivity contribution in [2.75, 3.05) is 40.1 Å². The third kappa shape index (κ3) is 5.99. The van der Waals surface area contributed by atoms with Gasteiger partial charge >= 0.3 is 0 Å². The second-order valence-electron chi connectivity index (χ2n) is 7.28. The number of fused-ring (bicyclic) bond motifs is 1. The van der Waals surface area contributed by atoms with Crippen molar-refractivity contribution < 1.29 is 19.0 Å². The van der Waals surface area contributed by atoms with E-state index >= 15 is 0 Å². The Kier molecular flexibility index (Phi) is 8.67. The van der Waals surface area contributed by atoms with E-state index in [0.29, 0.717) is 38.0 Å². The Hall–Kier alpha value is -1.50. The maximum absolute atomic E-state index is 12.9. The predicted octanol–water partition coefficient (Wildman–Crippen LogP) is 2.84. The van der Waals surface area contributed by atoms with Crippen LogP contribution in [-0.2, 0) is 16.1 Å². The molecule has 0 aromatic heterocycles. The molecule has 1 amide bonds. The summed E-state index contributed by atoms with van der Waals surface area (Å²) in [6.45, 7) is 6.28. The summed E-state index contributed by atoms with van der Waals surface area (Å²) in [4.78, 5) is 14.8. The molecule has 0 bridgehead atoms. The lowest BCUT2D eigenvalue weighted by Crippen LogP contribution is -2.38. The second-order valence-corrected chi connectivity index (χ2v) is 7.28. The highest BCUT2D eigenvalue weighted by Gasteiger charge is 2.25. The zero-order chi connectivity index (χ0) is 18.4. The molecule has 2 aliphatic rings.